The van der Waals surface area contributed by atoms with E-state index in [-0.39, 0.29) is 5.91 Å². The number of fused-ring (bicyclic) bond motifs is 2. The second-order valence-electron chi connectivity index (χ2n) is 6.81. The topological polar surface area (TPSA) is 77.0 Å². The van der Waals surface area contributed by atoms with Crippen LogP contribution in [0.1, 0.15) is 47.8 Å². The fraction of sp³-hybridized carbons (Fsp3) is 0.350. The lowest BCUT2D eigenvalue weighted by atomic mass is 10.1. The first-order valence-electron chi connectivity index (χ1n) is 9.16. The molecule has 6 heteroatoms. The Bertz CT molecular complexity index is 948. The lowest BCUT2D eigenvalue weighted by molar-refractivity contribution is 0.0767. The van der Waals surface area contributed by atoms with Crippen molar-refractivity contribution in [2.75, 3.05) is 5.73 Å². The molecule has 3 aromatic rings. The third-order valence-corrected chi connectivity index (χ3v) is 4.93. The predicted molar refractivity (Wildman–Crippen MR) is 101 cm³/mol. The minimum atomic E-state index is -0.0468. The molecule has 1 amide bonds. The number of anilines is 1. The van der Waals surface area contributed by atoms with E-state index < -0.39 is 0 Å². The van der Waals surface area contributed by atoms with E-state index in [2.05, 4.69) is 12.0 Å². The van der Waals surface area contributed by atoms with E-state index >= 15 is 0 Å². The number of unbranched alkanes of at least 4 members (excludes halogenated alkanes) is 2. The molecule has 3 heterocycles. The van der Waals surface area contributed by atoms with E-state index in [1.807, 2.05) is 35.0 Å². The van der Waals surface area contributed by atoms with Gasteiger partial charge < -0.3 is 10.6 Å². The lowest BCUT2D eigenvalue weighted by Gasteiger charge is -2.15. The van der Waals surface area contributed by atoms with Crippen LogP contribution in [0.4, 0.5) is 5.69 Å². The highest BCUT2D eigenvalue weighted by Crippen LogP contribution is 2.32. The second-order valence-corrected chi connectivity index (χ2v) is 6.81. The van der Waals surface area contributed by atoms with Gasteiger partial charge in [-0.05, 0) is 12.0 Å². The third kappa shape index (κ3) is 2.81. The highest BCUT2D eigenvalue weighted by atomic mass is 16.2. The zero-order valence-electron chi connectivity index (χ0n) is 15.0. The Labute approximate surface area is 152 Å². The van der Waals surface area contributed by atoms with Gasteiger partial charge in [-0.2, -0.15) is 5.10 Å². The van der Waals surface area contributed by atoms with Crippen molar-refractivity contribution in [1.29, 1.82) is 0 Å². The molecule has 1 aliphatic rings. The summed E-state index contributed by atoms with van der Waals surface area (Å²) in [6, 6.07) is 9.98. The normalized spacial score (nSPS) is 13.6. The largest absolute Gasteiger partial charge is 0.397 e. The Hall–Kier alpha value is -2.89. The van der Waals surface area contributed by atoms with Crippen molar-refractivity contribution in [3.05, 3.63) is 53.3 Å². The maximum Gasteiger partial charge on any atom is 0.258 e. The number of benzene rings is 1. The molecule has 6 nitrogen and oxygen atoms in total. The molecule has 0 saturated carbocycles. The fourth-order valence-electron chi connectivity index (χ4n) is 3.53. The summed E-state index contributed by atoms with van der Waals surface area (Å²) in [4.78, 5) is 19.4. The summed E-state index contributed by atoms with van der Waals surface area (Å²) in [5, 5.41) is 5.20. The van der Waals surface area contributed by atoms with Gasteiger partial charge in [0.05, 0.1) is 35.1 Å². The molecule has 0 atom stereocenters. The first kappa shape index (κ1) is 16.6. The monoisotopic (exact) mass is 349 g/mol. The summed E-state index contributed by atoms with van der Waals surface area (Å²) >= 11 is 0. The average Bonchev–Trinajstić information content (AvgIpc) is 3.19. The van der Waals surface area contributed by atoms with Crippen LogP contribution in [-0.2, 0) is 19.6 Å². The predicted octanol–water partition coefficient (Wildman–Crippen LogP) is 3.36. The highest BCUT2D eigenvalue weighted by Gasteiger charge is 2.32. The molecule has 2 aromatic heterocycles. The number of amides is 1. The summed E-state index contributed by atoms with van der Waals surface area (Å²) in [6.45, 7) is 4.05. The van der Waals surface area contributed by atoms with Gasteiger partial charge in [0, 0.05) is 13.1 Å². The van der Waals surface area contributed by atoms with Crippen LogP contribution >= 0.6 is 0 Å². The maximum absolute atomic E-state index is 12.9. The number of aryl methyl sites for hydroxylation is 1. The summed E-state index contributed by atoms with van der Waals surface area (Å²) in [5.41, 5.74) is 10.0. The number of aromatic nitrogens is 3. The number of hydrogen-bond acceptors (Lipinski definition) is 4. The molecule has 1 aliphatic heterocycles. The highest BCUT2D eigenvalue weighted by molar-refractivity contribution is 6.08. The van der Waals surface area contributed by atoms with Gasteiger partial charge in [-0.25, -0.2) is 9.67 Å². The molecule has 0 aliphatic carbocycles. The molecule has 0 bridgehead atoms. The molecule has 0 unspecified atom stereocenters. The van der Waals surface area contributed by atoms with Gasteiger partial charge in [0.1, 0.15) is 0 Å². The van der Waals surface area contributed by atoms with Gasteiger partial charge in [-0.15, -0.1) is 0 Å². The van der Waals surface area contributed by atoms with Gasteiger partial charge in [-0.1, -0.05) is 50.1 Å². The van der Waals surface area contributed by atoms with Crippen LogP contribution < -0.4 is 5.73 Å². The van der Waals surface area contributed by atoms with Gasteiger partial charge in [0.25, 0.3) is 5.91 Å². The van der Waals surface area contributed by atoms with Gasteiger partial charge >= 0.3 is 0 Å². The number of hydrogen-bond donors (Lipinski definition) is 1. The lowest BCUT2D eigenvalue weighted by Crippen LogP contribution is -2.23. The van der Waals surface area contributed by atoms with Crippen molar-refractivity contribution in [3.63, 3.8) is 0 Å². The van der Waals surface area contributed by atoms with Crippen molar-refractivity contribution in [3.8, 4) is 0 Å². The Morgan fingerprint density at radius 3 is 2.77 bits per heavy atom. The van der Waals surface area contributed by atoms with E-state index in [0.29, 0.717) is 24.3 Å². The SMILES string of the molecule is CCCCCn1ncc2c(N)c3c(nc21)CN(Cc1ccccc1)C3=O. The zero-order valence-corrected chi connectivity index (χ0v) is 15.0. The molecule has 0 spiro atoms. The minimum Gasteiger partial charge on any atom is -0.397 e. The fourth-order valence-corrected chi connectivity index (χ4v) is 3.53. The molecule has 4 rings (SSSR count). The number of nitrogen functional groups attached to an aromatic ring is 1. The molecule has 0 saturated heterocycles. The van der Waals surface area contributed by atoms with Gasteiger partial charge in [0.2, 0.25) is 0 Å². The summed E-state index contributed by atoms with van der Waals surface area (Å²) in [5.74, 6) is -0.0468. The van der Waals surface area contributed by atoms with Crippen molar-refractivity contribution >= 4 is 22.6 Å². The third-order valence-electron chi connectivity index (χ3n) is 4.93. The van der Waals surface area contributed by atoms with Crippen LogP contribution in [0.25, 0.3) is 11.0 Å². The Morgan fingerprint density at radius 2 is 2.00 bits per heavy atom. The van der Waals surface area contributed by atoms with Crippen molar-refractivity contribution in [2.24, 2.45) is 0 Å². The zero-order chi connectivity index (χ0) is 18.1. The Balaban J connectivity index is 1.65. The molecule has 0 fully saturated rings. The number of carbonyl (C=O) groups is 1. The second kappa shape index (κ2) is 6.78. The van der Waals surface area contributed by atoms with Gasteiger partial charge in [-0.3, -0.25) is 4.79 Å². The minimum absolute atomic E-state index is 0.0468. The molecule has 26 heavy (non-hydrogen) atoms. The average molecular weight is 349 g/mol. The number of carbonyl (C=O) groups excluding carboxylic acids is 1. The smallest absolute Gasteiger partial charge is 0.258 e. The summed E-state index contributed by atoms with van der Waals surface area (Å²) in [6.07, 6.45) is 5.11. The molecule has 2 N–H and O–H groups in total. The maximum atomic E-state index is 12.9. The number of nitrogens with zero attached hydrogens (tertiary/aromatic N) is 4. The molecular weight excluding hydrogens is 326 g/mol. The van der Waals surface area contributed by atoms with Gasteiger partial charge in [0.15, 0.2) is 5.65 Å². The number of pyridine rings is 1. The van der Waals surface area contributed by atoms with Crippen molar-refractivity contribution < 1.29 is 4.79 Å². The van der Waals surface area contributed by atoms with E-state index in [4.69, 9.17) is 10.7 Å². The summed E-state index contributed by atoms with van der Waals surface area (Å²) in [7, 11) is 0. The Kier molecular flexibility index (Phi) is 4.32. The number of nitrogens with two attached hydrogens (primary N) is 1. The molecule has 0 radical (unpaired) electrons. The quantitative estimate of drug-likeness (QED) is 0.692. The van der Waals surface area contributed by atoms with E-state index in [0.717, 1.165) is 48.1 Å². The van der Waals surface area contributed by atoms with E-state index in [1.54, 1.807) is 11.1 Å². The van der Waals surface area contributed by atoms with Crippen LogP contribution in [0.5, 0.6) is 0 Å². The number of rotatable bonds is 6. The Morgan fingerprint density at radius 1 is 1.19 bits per heavy atom. The van der Waals surface area contributed by atoms with Crippen LogP contribution in [0.15, 0.2) is 36.5 Å². The molecule has 1 aromatic carbocycles. The van der Waals surface area contributed by atoms with Crippen LogP contribution in [0.2, 0.25) is 0 Å². The first-order valence-corrected chi connectivity index (χ1v) is 9.16. The van der Waals surface area contributed by atoms with Crippen LogP contribution in [0.3, 0.4) is 0 Å². The standard InChI is InChI=1S/C20H23N5O/c1-2-3-7-10-25-19-15(11-22-25)18(21)17-16(23-19)13-24(20(17)26)12-14-8-5-4-6-9-14/h4-6,8-9,11H,2-3,7,10,12-13H2,1H3,(H2,21,23). The van der Waals surface area contributed by atoms with E-state index in [9.17, 15) is 4.79 Å². The molecular formula is C20H23N5O. The van der Waals surface area contributed by atoms with Crippen molar-refractivity contribution in [2.45, 2.75) is 45.8 Å². The first-order chi connectivity index (χ1) is 12.7. The van der Waals surface area contributed by atoms with Crippen LogP contribution in [-0.4, -0.2) is 25.6 Å². The van der Waals surface area contributed by atoms with Crippen LogP contribution in [0, 0.1) is 0 Å². The van der Waals surface area contributed by atoms with E-state index in [1.165, 1.54) is 0 Å². The summed E-state index contributed by atoms with van der Waals surface area (Å²) < 4.78 is 1.91. The van der Waals surface area contributed by atoms with Crippen molar-refractivity contribution in [1.82, 2.24) is 19.7 Å². The molecule has 134 valence electrons.